The van der Waals surface area contributed by atoms with Gasteiger partial charge in [0.15, 0.2) is 0 Å². The van der Waals surface area contributed by atoms with Crippen molar-refractivity contribution in [1.82, 2.24) is 4.90 Å². The van der Waals surface area contributed by atoms with Crippen LogP contribution in [0.5, 0.6) is 0 Å². The van der Waals surface area contributed by atoms with Crippen molar-refractivity contribution >= 4 is 27.5 Å². The highest BCUT2D eigenvalue weighted by Gasteiger charge is 2.34. The summed E-state index contributed by atoms with van der Waals surface area (Å²) in [5.74, 6) is -0.298. The van der Waals surface area contributed by atoms with Crippen LogP contribution in [-0.2, 0) is 0 Å². The first kappa shape index (κ1) is 14.0. The van der Waals surface area contributed by atoms with Crippen LogP contribution in [0.4, 0.5) is 5.69 Å². The molecular weight excluding hydrogens is 316 g/mol. The molecule has 0 aliphatic carbocycles. The van der Waals surface area contributed by atoms with Gasteiger partial charge in [0.1, 0.15) is 0 Å². The molecule has 0 saturated carbocycles. The molecule has 1 heterocycles. The van der Waals surface area contributed by atoms with Crippen LogP contribution in [0.15, 0.2) is 22.7 Å². The fourth-order valence-corrected chi connectivity index (χ4v) is 2.48. The summed E-state index contributed by atoms with van der Waals surface area (Å²) >= 11 is 3.08. The Morgan fingerprint density at radius 3 is 2.79 bits per heavy atom. The molecule has 0 radical (unpaired) electrons. The van der Waals surface area contributed by atoms with E-state index in [2.05, 4.69) is 15.9 Å². The van der Waals surface area contributed by atoms with Crippen molar-refractivity contribution in [3.8, 4) is 0 Å². The molecule has 0 aromatic heterocycles. The smallest absolute Gasteiger partial charge is 0.284 e. The van der Waals surface area contributed by atoms with E-state index in [1.165, 1.54) is 23.1 Å². The number of nitro groups is 1. The van der Waals surface area contributed by atoms with Gasteiger partial charge in [0.2, 0.25) is 0 Å². The molecule has 1 saturated heterocycles. The fourth-order valence-electron chi connectivity index (χ4n) is 2.09. The lowest BCUT2D eigenvalue weighted by atomic mass is 10.1. The van der Waals surface area contributed by atoms with Gasteiger partial charge in [-0.15, -0.1) is 0 Å². The Labute approximate surface area is 118 Å². The van der Waals surface area contributed by atoms with Gasteiger partial charge in [0.05, 0.1) is 15.0 Å². The molecular formula is C12H13BrN2O4. The maximum absolute atomic E-state index is 12.2. The Morgan fingerprint density at radius 2 is 2.26 bits per heavy atom. The standard InChI is InChI=1S/C12H13BrN2O4/c1-12(17)4-5-14(7-12)11(16)8-2-3-9(13)10(6-8)15(18)19/h2-3,6,17H,4-5,7H2,1H3. The number of hydrogen-bond donors (Lipinski definition) is 1. The SMILES string of the molecule is CC1(O)CCN(C(=O)c2ccc(Br)c([N+](=O)[O-])c2)C1. The number of carbonyl (C=O) groups excluding carboxylic acids is 1. The zero-order valence-electron chi connectivity index (χ0n) is 10.3. The van der Waals surface area contributed by atoms with E-state index < -0.39 is 10.5 Å². The van der Waals surface area contributed by atoms with Gasteiger partial charge in [-0.25, -0.2) is 0 Å². The van der Waals surface area contributed by atoms with Crippen LogP contribution >= 0.6 is 15.9 Å². The molecule has 19 heavy (non-hydrogen) atoms. The number of aliphatic hydroxyl groups is 1. The Bertz CT molecular complexity index is 545. The first-order valence-electron chi connectivity index (χ1n) is 5.76. The fraction of sp³-hybridized carbons (Fsp3) is 0.417. The highest BCUT2D eigenvalue weighted by Crippen LogP contribution is 2.28. The molecule has 1 unspecified atom stereocenters. The predicted octanol–water partition coefficient (Wildman–Crippen LogP) is 1.95. The van der Waals surface area contributed by atoms with E-state index in [0.29, 0.717) is 17.4 Å². The number of nitrogens with zero attached hydrogens (tertiary/aromatic N) is 2. The highest BCUT2D eigenvalue weighted by atomic mass is 79.9. The molecule has 1 fully saturated rings. The summed E-state index contributed by atoms with van der Waals surface area (Å²) in [5.41, 5.74) is -0.763. The molecule has 0 bridgehead atoms. The van der Waals surface area contributed by atoms with E-state index in [1.54, 1.807) is 6.92 Å². The Morgan fingerprint density at radius 1 is 1.58 bits per heavy atom. The largest absolute Gasteiger partial charge is 0.388 e. The number of β-amino-alcohol motifs (C(OH)–C–C–N with tert-alkyl or cyclic N) is 1. The second-order valence-electron chi connectivity index (χ2n) is 4.90. The van der Waals surface area contributed by atoms with Gasteiger partial charge in [-0.3, -0.25) is 14.9 Å². The van der Waals surface area contributed by atoms with Gasteiger partial charge in [-0.2, -0.15) is 0 Å². The molecule has 1 atom stereocenters. The van der Waals surface area contributed by atoms with Crippen molar-refractivity contribution in [3.05, 3.63) is 38.3 Å². The molecule has 1 aliphatic rings. The summed E-state index contributed by atoms with van der Waals surface area (Å²) in [5, 5.41) is 20.7. The quantitative estimate of drug-likeness (QED) is 0.664. The van der Waals surface area contributed by atoms with Crippen LogP contribution in [0.3, 0.4) is 0 Å². The topological polar surface area (TPSA) is 83.7 Å². The van der Waals surface area contributed by atoms with Crippen LogP contribution < -0.4 is 0 Å². The summed E-state index contributed by atoms with van der Waals surface area (Å²) in [6.45, 7) is 2.37. The first-order chi connectivity index (χ1) is 8.80. The number of rotatable bonds is 2. The molecule has 1 aromatic carbocycles. The lowest BCUT2D eigenvalue weighted by Gasteiger charge is -2.19. The Balaban J connectivity index is 2.25. The second kappa shape index (κ2) is 4.90. The third kappa shape index (κ3) is 2.93. The van der Waals surface area contributed by atoms with Crippen LogP contribution in [0, 0.1) is 10.1 Å². The van der Waals surface area contributed by atoms with Gasteiger partial charge in [0.25, 0.3) is 11.6 Å². The van der Waals surface area contributed by atoms with Gasteiger partial charge in [-0.05, 0) is 41.4 Å². The molecule has 2 rings (SSSR count). The summed E-state index contributed by atoms with van der Waals surface area (Å²) in [6, 6.07) is 4.27. The summed E-state index contributed by atoms with van der Waals surface area (Å²) < 4.78 is 0.336. The maximum atomic E-state index is 12.2. The third-order valence-corrected chi connectivity index (χ3v) is 3.80. The minimum absolute atomic E-state index is 0.142. The van der Waals surface area contributed by atoms with Crippen molar-refractivity contribution in [2.24, 2.45) is 0 Å². The number of nitro benzene ring substituents is 1. The molecule has 1 N–H and O–H groups in total. The van der Waals surface area contributed by atoms with E-state index in [9.17, 15) is 20.0 Å². The third-order valence-electron chi connectivity index (χ3n) is 3.13. The van der Waals surface area contributed by atoms with Crippen molar-refractivity contribution in [2.45, 2.75) is 18.9 Å². The van der Waals surface area contributed by atoms with Crippen LogP contribution in [0.25, 0.3) is 0 Å². The van der Waals surface area contributed by atoms with Crippen molar-refractivity contribution in [1.29, 1.82) is 0 Å². The van der Waals surface area contributed by atoms with Crippen molar-refractivity contribution < 1.29 is 14.8 Å². The summed E-state index contributed by atoms with van der Waals surface area (Å²) in [7, 11) is 0. The molecule has 6 nitrogen and oxygen atoms in total. The Kier molecular flexibility index (Phi) is 3.60. The zero-order chi connectivity index (χ0) is 14.2. The highest BCUT2D eigenvalue weighted by molar-refractivity contribution is 9.10. The van der Waals surface area contributed by atoms with Crippen LogP contribution in [0.2, 0.25) is 0 Å². The number of halogens is 1. The van der Waals surface area contributed by atoms with Gasteiger partial charge in [0, 0.05) is 24.7 Å². The summed E-state index contributed by atoms with van der Waals surface area (Å²) in [6.07, 6.45) is 0.511. The molecule has 102 valence electrons. The second-order valence-corrected chi connectivity index (χ2v) is 5.75. The zero-order valence-corrected chi connectivity index (χ0v) is 11.9. The Hall–Kier alpha value is -1.47. The molecule has 1 aromatic rings. The lowest BCUT2D eigenvalue weighted by Crippen LogP contribution is -2.33. The average molecular weight is 329 g/mol. The number of benzene rings is 1. The van der Waals surface area contributed by atoms with E-state index in [1.807, 2.05) is 0 Å². The van der Waals surface area contributed by atoms with Gasteiger partial charge >= 0.3 is 0 Å². The van der Waals surface area contributed by atoms with Gasteiger partial charge < -0.3 is 10.0 Å². The van der Waals surface area contributed by atoms with E-state index in [-0.39, 0.29) is 23.7 Å². The number of likely N-dealkylation sites (tertiary alicyclic amines) is 1. The first-order valence-corrected chi connectivity index (χ1v) is 6.55. The molecule has 1 amide bonds. The molecule has 1 aliphatic heterocycles. The van der Waals surface area contributed by atoms with E-state index >= 15 is 0 Å². The van der Waals surface area contributed by atoms with Crippen molar-refractivity contribution in [3.63, 3.8) is 0 Å². The molecule has 7 heteroatoms. The molecule has 0 spiro atoms. The number of amides is 1. The van der Waals surface area contributed by atoms with Crippen molar-refractivity contribution in [2.75, 3.05) is 13.1 Å². The minimum atomic E-state index is -0.878. The average Bonchev–Trinajstić information content (AvgIpc) is 2.69. The van der Waals surface area contributed by atoms with Crippen LogP contribution in [0.1, 0.15) is 23.7 Å². The monoisotopic (exact) mass is 328 g/mol. The lowest BCUT2D eigenvalue weighted by molar-refractivity contribution is -0.385. The number of hydrogen-bond acceptors (Lipinski definition) is 4. The predicted molar refractivity (Wildman–Crippen MR) is 71.9 cm³/mol. The number of carbonyl (C=O) groups is 1. The normalized spacial score (nSPS) is 22.6. The maximum Gasteiger partial charge on any atom is 0.284 e. The van der Waals surface area contributed by atoms with Crippen LogP contribution in [-0.4, -0.2) is 39.5 Å². The van der Waals surface area contributed by atoms with E-state index in [0.717, 1.165) is 0 Å². The van der Waals surface area contributed by atoms with Gasteiger partial charge in [-0.1, -0.05) is 0 Å². The van der Waals surface area contributed by atoms with E-state index in [4.69, 9.17) is 0 Å². The minimum Gasteiger partial charge on any atom is -0.388 e. The summed E-state index contributed by atoms with van der Waals surface area (Å²) in [4.78, 5) is 24.0.